The Bertz CT molecular complexity index is 1980. The van der Waals surface area contributed by atoms with Gasteiger partial charge in [-0.2, -0.15) is 9.61 Å². The average molecular weight is 558 g/mol. The summed E-state index contributed by atoms with van der Waals surface area (Å²) in [5, 5.41) is 26.2. The lowest BCUT2D eigenvalue weighted by Crippen LogP contribution is -2.65. The highest BCUT2D eigenvalue weighted by atomic mass is 32.1. The van der Waals surface area contributed by atoms with Gasteiger partial charge in [0.1, 0.15) is 37.3 Å². The van der Waals surface area contributed by atoms with E-state index in [-0.39, 0.29) is 34.7 Å². The first kappa shape index (κ1) is 23.3. The van der Waals surface area contributed by atoms with Crippen LogP contribution in [-0.4, -0.2) is 64.4 Å². The van der Waals surface area contributed by atoms with E-state index < -0.39 is 0 Å². The largest absolute Gasteiger partial charge is 0.336 e. The topological polar surface area (TPSA) is 125 Å². The van der Waals surface area contributed by atoms with Crippen molar-refractivity contribution in [3.8, 4) is 11.1 Å². The molecule has 200 valence electrons. The van der Waals surface area contributed by atoms with Crippen LogP contribution in [0.3, 0.4) is 0 Å². The van der Waals surface area contributed by atoms with Crippen LogP contribution in [0.15, 0.2) is 42.9 Å². The van der Waals surface area contributed by atoms with Gasteiger partial charge in [-0.3, -0.25) is 14.8 Å². The SMILES string of the molecule is CC(=O)[N+]12CCC(CC1)c1nn(CC(=O)Nc3nn4cnnc4s3)c3cccc(c13)-c1cc3c(cnn32)cc1F. The monoisotopic (exact) mass is 557 g/mol. The molecule has 2 aromatic carbocycles. The highest BCUT2D eigenvalue weighted by Crippen LogP contribution is 2.42. The van der Waals surface area contributed by atoms with E-state index in [9.17, 15) is 9.59 Å². The fourth-order valence-electron chi connectivity index (χ4n) is 6.24. The molecular weight excluding hydrogens is 535 g/mol. The highest BCUT2D eigenvalue weighted by molar-refractivity contribution is 7.20. The van der Waals surface area contributed by atoms with Crippen molar-refractivity contribution in [1.82, 2.24) is 44.1 Å². The predicted octanol–water partition coefficient (Wildman–Crippen LogP) is 3.21. The van der Waals surface area contributed by atoms with Crippen molar-refractivity contribution >= 4 is 55.0 Å². The predicted molar refractivity (Wildman–Crippen MR) is 146 cm³/mol. The van der Waals surface area contributed by atoms with Gasteiger partial charge in [0, 0.05) is 35.1 Å². The maximum Gasteiger partial charge on any atom is 0.336 e. The molecule has 0 radical (unpaired) electrons. The molecule has 3 aliphatic rings. The fraction of sp³-hybridized carbons (Fsp3) is 0.269. The molecule has 0 aliphatic carbocycles. The van der Waals surface area contributed by atoms with Gasteiger partial charge < -0.3 is 0 Å². The van der Waals surface area contributed by atoms with Crippen LogP contribution in [0.1, 0.15) is 31.4 Å². The number of carbonyl (C=O) groups excluding carboxylic acids is 2. The third kappa shape index (κ3) is 3.23. The number of aromatic nitrogens is 8. The quantitative estimate of drug-likeness (QED) is 0.331. The molecule has 0 unspecified atom stereocenters. The lowest BCUT2D eigenvalue weighted by Gasteiger charge is -2.39. The van der Waals surface area contributed by atoms with Gasteiger partial charge in [0.15, 0.2) is 0 Å². The van der Waals surface area contributed by atoms with Gasteiger partial charge in [-0.1, -0.05) is 28.3 Å². The second-order valence-electron chi connectivity index (χ2n) is 10.3. The minimum Gasteiger partial charge on any atom is -0.299 e. The second kappa shape index (κ2) is 8.22. The Morgan fingerprint density at radius 1 is 1.15 bits per heavy atom. The van der Waals surface area contributed by atoms with Gasteiger partial charge in [-0.05, 0) is 23.8 Å². The van der Waals surface area contributed by atoms with Crippen molar-refractivity contribution in [1.29, 1.82) is 0 Å². The van der Waals surface area contributed by atoms with Crippen molar-refractivity contribution in [2.24, 2.45) is 0 Å². The summed E-state index contributed by atoms with van der Waals surface area (Å²) < 4.78 is 18.9. The van der Waals surface area contributed by atoms with E-state index in [1.54, 1.807) is 28.7 Å². The van der Waals surface area contributed by atoms with E-state index in [2.05, 4.69) is 25.7 Å². The zero-order chi connectivity index (χ0) is 27.2. The number of rotatable bonds is 3. The molecule has 2 amide bonds. The number of fused-ring (bicyclic) bond motifs is 3. The van der Waals surface area contributed by atoms with Crippen molar-refractivity contribution in [3.05, 3.63) is 54.4 Å². The van der Waals surface area contributed by atoms with Crippen LogP contribution in [0.5, 0.6) is 0 Å². The molecule has 7 heterocycles. The summed E-state index contributed by atoms with van der Waals surface area (Å²) in [7, 11) is 0. The third-order valence-corrected chi connectivity index (χ3v) is 9.02. The van der Waals surface area contributed by atoms with Gasteiger partial charge in [-0.25, -0.2) is 9.18 Å². The number of anilines is 1. The van der Waals surface area contributed by atoms with Crippen LogP contribution in [0.25, 0.3) is 37.9 Å². The van der Waals surface area contributed by atoms with E-state index in [0.717, 1.165) is 16.6 Å². The lowest BCUT2D eigenvalue weighted by molar-refractivity contribution is -0.137. The summed E-state index contributed by atoms with van der Waals surface area (Å²) in [6.07, 6.45) is 4.48. The Kier molecular flexibility index (Phi) is 4.80. The maximum atomic E-state index is 15.7. The summed E-state index contributed by atoms with van der Waals surface area (Å²) >= 11 is 1.22. The zero-order valence-electron chi connectivity index (χ0n) is 21.3. The third-order valence-electron chi connectivity index (χ3n) is 8.19. The molecule has 40 heavy (non-hydrogen) atoms. The van der Waals surface area contributed by atoms with Crippen molar-refractivity contribution in [2.45, 2.75) is 32.2 Å². The van der Waals surface area contributed by atoms with Crippen LogP contribution in [0.4, 0.5) is 9.52 Å². The Morgan fingerprint density at radius 2 is 2.00 bits per heavy atom. The molecule has 0 spiro atoms. The van der Waals surface area contributed by atoms with Gasteiger partial charge in [0.05, 0.1) is 24.3 Å². The van der Waals surface area contributed by atoms with Crippen LogP contribution >= 0.6 is 11.3 Å². The molecule has 4 bridgehead atoms. The standard InChI is InChI=1S/C26H21FN10O2S/c1-14(38)37-7-5-15(6-8-37)24-23-17(18-10-21-16(9-19(18)27)11-29-36(21)37)3-2-4-20(23)34(32-24)12-22(39)30-25-33-35-13-28-31-26(35)40-25/h2-4,9-11,13,15H,5-8,12H2,1H3/p+1. The molecule has 12 nitrogen and oxygen atoms in total. The number of nitrogens with zero attached hydrogens (tertiary/aromatic N) is 9. The molecule has 14 heteroatoms. The van der Waals surface area contributed by atoms with Gasteiger partial charge >= 0.3 is 5.91 Å². The first-order valence-corrected chi connectivity index (χ1v) is 13.8. The lowest BCUT2D eigenvalue weighted by atomic mass is 9.88. The second-order valence-corrected chi connectivity index (χ2v) is 11.3. The van der Waals surface area contributed by atoms with E-state index in [0.29, 0.717) is 58.1 Å². The van der Waals surface area contributed by atoms with Crippen molar-refractivity contribution in [2.75, 3.05) is 18.4 Å². The molecule has 4 aromatic heterocycles. The number of hydrogen-bond donors (Lipinski definition) is 1. The smallest absolute Gasteiger partial charge is 0.299 e. The number of nitrogens with one attached hydrogen (secondary N) is 1. The first-order valence-electron chi connectivity index (χ1n) is 12.9. The van der Waals surface area contributed by atoms with E-state index >= 15 is 4.39 Å². The number of halogens is 1. The number of piperidine rings is 1. The Hall–Kier alpha value is -4.56. The Balaban J connectivity index is 1.28. The number of benzene rings is 2. The van der Waals surface area contributed by atoms with E-state index in [1.807, 2.05) is 18.2 Å². The number of carbonyl (C=O) groups is 2. The van der Waals surface area contributed by atoms with Crippen LogP contribution < -0.4 is 9.91 Å². The Labute approximate surface area is 229 Å². The van der Waals surface area contributed by atoms with Crippen LogP contribution in [0.2, 0.25) is 0 Å². The van der Waals surface area contributed by atoms with E-state index in [4.69, 9.17) is 5.10 Å². The van der Waals surface area contributed by atoms with E-state index in [1.165, 1.54) is 28.2 Å². The van der Waals surface area contributed by atoms with Crippen molar-refractivity contribution < 1.29 is 14.0 Å². The zero-order valence-corrected chi connectivity index (χ0v) is 22.1. The molecular formula is C26H22FN10O2S+. The molecule has 6 aromatic rings. The maximum absolute atomic E-state index is 15.7. The molecule has 0 atom stereocenters. The molecule has 1 saturated heterocycles. The summed E-state index contributed by atoms with van der Waals surface area (Å²) in [6.45, 7) is 2.63. The molecule has 1 fully saturated rings. The number of quaternary nitrogens is 1. The van der Waals surface area contributed by atoms with Crippen LogP contribution in [-0.2, 0) is 16.1 Å². The normalized spacial score (nSPS) is 20.0. The fourth-order valence-corrected chi connectivity index (χ4v) is 6.98. The van der Waals surface area contributed by atoms with Crippen LogP contribution in [0, 0.1) is 5.82 Å². The summed E-state index contributed by atoms with van der Waals surface area (Å²) in [5.41, 5.74) is 3.38. The summed E-state index contributed by atoms with van der Waals surface area (Å²) in [6, 6.07) is 8.92. The number of hydrogen-bond acceptors (Lipinski definition) is 8. The highest BCUT2D eigenvalue weighted by Gasteiger charge is 2.44. The first-order chi connectivity index (χ1) is 19.4. The number of amides is 2. The van der Waals surface area contributed by atoms with Gasteiger partial charge in [0.2, 0.25) is 16.0 Å². The molecule has 9 rings (SSSR count). The van der Waals surface area contributed by atoms with Gasteiger partial charge in [0.25, 0.3) is 0 Å². The minimum atomic E-state index is -0.379. The average Bonchev–Trinajstić information content (AvgIpc) is 3.71. The Morgan fingerprint density at radius 3 is 2.80 bits per heavy atom. The van der Waals surface area contributed by atoms with Crippen molar-refractivity contribution in [3.63, 3.8) is 0 Å². The minimum absolute atomic E-state index is 0.0103. The molecule has 1 N–H and O–H groups in total. The molecule has 0 saturated carbocycles. The molecule has 3 aliphatic heterocycles. The van der Waals surface area contributed by atoms with Gasteiger partial charge in [-0.15, -0.1) is 25.0 Å². The summed E-state index contributed by atoms with van der Waals surface area (Å²) in [4.78, 5) is 28.5. The summed E-state index contributed by atoms with van der Waals surface area (Å²) in [5.74, 6) is -0.651.